The van der Waals surface area contributed by atoms with E-state index in [0.717, 1.165) is 25.3 Å². The molecule has 0 radical (unpaired) electrons. The van der Waals surface area contributed by atoms with Crippen LogP contribution in [0.1, 0.15) is 30.9 Å². The summed E-state index contributed by atoms with van der Waals surface area (Å²) in [7, 11) is 2.95. The third kappa shape index (κ3) is 4.06. The van der Waals surface area contributed by atoms with Crippen molar-refractivity contribution in [2.45, 2.75) is 32.1 Å². The summed E-state index contributed by atoms with van der Waals surface area (Å²) in [4.78, 5) is 0. The highest BCUT2D eigenvalue weighted by Gasteiger charge is 2.27. The number of ether oxygens (including phenoxy) is 2. The van der Waals surface area contributed by atoms with Gasteiger partial charge in [-0.15, -0.1) is 0 Å². The molecule has 0 saturated heterocycles. The Hall–Kier alpha value is -1.36. The molecule has 0 saturated carbocycles. The molecule has 0 aliphatic heterocycles. The van der Waals surface area contributed by atoms with E-state index in [1.165, 1.54) is 26.4 Å². The first-order valence-corrected chi connectivity index (χ1v) is 6.27. The van der Waals surface area contributed by atoms with Crippen LogP contribution in [0.25, 0.3) is 0 Å². The average Bonchev–Trinajstić information content (AvgIpc) is 2.36. The largest absolute Gasteiger partial charge is 0.493 e. The lowest BCUT2D eigenvalue weighted by molar-refractivity contribution is 0.0171. The molecule has 0 amide bonds. The Balaban J connectivity index is 3.16. The Morgan fingerprint density at radius 2 is 1.84 bits per heavy atom. The van der Waals surface area contributed by atoms with Crippen LogP contribution < -0.4 is 15.2 Å². The summed E-state index contributed by atoms with van der Waals surface area (Å²) in [6.45, 7) is 1.46. The minimum absolute atomic E-state index is 0.0621. The van der Waals surface area contributed by atoms with E-state index in [2.05, 4.69) is 0 Å². The minimum Gasteiger partial charge on any atom is -0.493 e. The van der Waals surface area contributed by atoms with Crippen LogP contribution in [0.5, 0.6) is 11.5 Å². The second-order valence-corrected chi connectivity index (χ2v) is 4.51. The van der Waals surface area contributed by atoms with E-state index in [1.54, 1.807) is 0 Å². The molecular formula is C14H21F2NO2. The first kappa shape index (κ1) is 15.7. The fourth-order valence-electron chi connectivity index (χ4n) is 1.94. The summed E-state index contributed by atoms with van der Waals surface area (Å²) in [6.07, 6.45) is 2.31. The molecule has 0 aliphatic carbocycles. The molecule has 1 rings (SSSR count). The van der Waals surface area contributed by atoms with E-state index in [-0.39, 0.29) is 5.56 Å². The number of rotatable bonds is 7. The van der Waals surface area contributed by atoms with Crippen LogP contribution in [0.2, 0.25) is 0 Å². The number of unbranched alkanes of at least 4 members (excludes halogenated alkanes) is 1. The highest BCUT2D eigenvalue weighted by Crippen LogP contribution is 2.38. The minimum atomic E-state index is -2.90. The summed E-state index contributed by atoms with van der Waals surface area (Å²) in [5.74, 6) is -2.04. The first-order valence-electron chi connectivity index (χ1n) is 6.27. The summed E-state index contributed by atoms with van der Waals surface area (Å²) in [5, 5.41) is 0. The Labute approximate surface area is 112 Å². The van der Waals surface area contributed by atoms with Crippen LogP contribution in [-0.4, -0.2) is 20.8 Å². The molecule has 0 spiro atoms. The molecule has 0 fully saturated rings. The lowest BCUT2D eigenvalue weighted by Gasteiger charge is -2.18. The third-order valence-electron chi connectivity index (χ3n) is 2.96. The van der Waals surface area contributed by atoms with E-state index < -0.39 is 5.92 Å². The van der Waals surface area contributed by atoms with Gasteiger partial charge in [-0.1, -0.05) is 0 Å². The zero-order valence-corrected chi connectivity index (χ0v) is 11.6. The van der Waals surface area contributed by atoms with Crippen LogP contribution in [0, 0.1) is 0 Å². The zero-order valence-electron chi connectivity index (χ0n) is 11.6. The molecule has 0 aromatic heterocycles. The van der Waals surface area contributed by atoms with E-state index in [9.17, 15) is 8.78 Å². The number of hydrogen-bond donors (Lipinski definition) is 1. The standard InChI is InChI=1S/C14H21F2NO2/c1-14(15,16)11-8-10(6-4-5-7-17)13(19-3)12(9-11)18-2/h8-9H,4-7,17H2,1-3H3. The lowest BCUT2D eigenvalue weighted by atomic mass is 10.0. The number of alkyl halides is 2. The number of benzene rings is 1. The topological polar surface area (TPSA) is 44.5 Å². The molecule has 1 aromatic carbocycles. The molecule has 0 heterocycles. The Kier molecular flexibility index (Phi) is 5.54. The summed E-state index contributed by atoms with van der Waals surface area (Å²) in [6, 6.07) is 2.81. The maximum Gasteiger partial charge on any atom is 0.270 e. The average molecular weight is 273 g/mol. The SMILES string of the molecule is COc1cc(C(C)(F)F)cc(CCCCN)c1OC. The van der Waals surface area contributed by atoms with Crippen LogP contribution in [0.15, 0.2) is 12.1 Å². The summed E-state index contributed by atoms with van der Waals surface area (Å²) < 4.78 is 37.3. The van der Waals surface area contributed by atoms with Crippen molar-refractivity contribution in [2.75, 3.05) is 20.8 Å². The van der Waals surface area contributed by atoms with Crippen LogP contribution in [0.4, 0.5) is 8.78 Å². The van der Waals surface area contributed by atoms with Gasteiger partial charge in [-0.25, -0.2) is 8.78 Å². The second-order valence-electron chi connectivity index (χ2n) is 4.51. The predicted molar refractivity (Wildman–Crippen MR) is 71.1 cm³/mol. The lowest BCUT2D eigenvalue weighted by Crippen LogP contribution is -2.09. The van der Waals surface area contributed by atoms with Crippen molar-refractivity contribution in [3.8, 4) is 11.5 Å². The number of halogens is 2. The number of methoxy groups -OCH3 is 2. The van der Waals surface area contributed by atoms with Gasteiger partial charge < -0.3 is 15.2 Å². The fourth-order valence-corrected chi connectivity index (χ4v) is 1.94. The Bertz CT molecular complexity index is 417. The van der Waals surface area contributed by atoms with Crippen LogP contribution in [0.3, 0.4) is 0 Å². The van der Waals surface area contributed by atoms with E-state index in [1.807, 2.05) is 0 Å². The van der Waals surface area contributed by atoms with Gasteiger partial charge in [0.15, 0.2) is 11.5 Å². The van der Waals surface area contributed by atoms with Gasteiger partial charge in [-0.2, -0.15) is 0 Å². The van der Waals surface area contributed by atoms with Gasteiger partial charge in [-0.3, -0.25) is 0 Å². The molecule has 0 aliphatic rings. The predicted octanol–water partition coefficient (Wildman–Crippen LogP) is 3.10. The molecule has 0 bridgehead atoms. The normalized spacial score (nSPS) is 11.5. The highest BCUT2D eigenvalue weighted by atomic mass is 19.3. The van der Waals surface area contributed by atoms with Crippen LogP contribution >= 0.6 is 0 Å². The van der Waals surface area contributed by atoms with Gasteiger partial charge in [0.05, 0.1) is 14.2 Å². The van der Waals surface area contributed by atoms with Crippen molar-refractivity contribution in [3.63, 3.8) is 0 Å². The molecule has 3 nitrogen and oxygen atoms in total. The van der Waals surface area contributed by atoms with E-state index >= 15 is 0 Å². The van der Waals surface area contributed by atoms with Gasteiger partial charge in [0, 0.05) is 12.5 Å². The summed E-state index contributed by atoms with van der Waals surface area (Å²) >= 11 is 0. The fraction of sp³-hybridized carbons (Fsp3) is 0.571. The van der Waals surface area contributed by atoms with E-state index in [0.29, 0.717) is 24.5 Å². The molecule has 19 heavy (non-hydrogen) atoms. The van der Waals surface area contributed by atoms with Crippen molar-refractivity contribution >= 4 is 0 Å². The van der Waals surface area contributed by atoms with Crippen LogP contribution in [-0.2, 0) is 12.3 Å². The van der Waals surface area contributed by atoms with Gasteiger partial charge in [0.2, 0.25) is 0 Å². The third-order valence-corrected chi connectivity index (χ3v) is 2.96. The molecule has 1 aromatic rings. The van der Waals surface area contributed by atoms with Crippen molar-refractivity contribution in [3.05, 3.63) is 23.3 Å². The molecule has 5 heteroatoms. The quantitative estimate of drug-likeness (QED) is 0.776. The zero-order chi connectivity index (χ0) is 14.5. The Morgan fingerprint density at radius 1 is 1.16 bits per heavy atom. The van der Waals surface area contributed by atoms with Gasteiger partial charge in [0.25, 0.3) is 5.92 Å². The maximum atomic E-state index is 13.5. The molecule has 0 unspecified atom stereocenters. The number of nitrogens with two attached hydrogens (primary N) is 1. The van der Waals surface area contributed by atoms with Gasteiger partial charge in [0.1, 0.15) is 0 Å². The molecule has 108 valence electrons. The Morgan fingerprint density at radius 3 is 2.32 bits per heavy atom. The smallest absolute Gasteiger partial charge is 0.270 e. The van der Waals surface area contributed by atoms with Gasteiger partial charge >= 0.3 is 0 Å². The molecular weight excluding hydrogens is 252 g/mol. The molecule has 2 N–H and O–H groups in total. The monoisotopic (exact) mass is 273 g/mol. The van der Waals surface area contributed by atoms with Crippen molar-refractivity contribution in [1.82, 2.24) is 0 Å². The van der Waals surface area contributed by atoms with E-state index in [4.69, 9.17) is 15.2 Å². The summed E-state index contributed by atoms with van der Waals surface area (Å²) in [5.41, 5.74) is 6.11. The van der Waals surface area contributed by atoms with Crippen molar-refractivity contribution in [1.29, 1.82) is 0 Å². The van der Waals surface area contributed by atoms with Gasteiger partial charge in [-0.05, 0) is 43.5 Å². The molecule has 0 atom stereocenters. The van der Waals surface area contributed by atoms with Crippen molar-refractivity contribution < 1.29 is 18.3 Å². The first-order chi connectivity index (χ1) is 8.93. The maximum absolute atomic E-state index is 13.5. The number of aryl methyl sites for hydroxylation is 1. The number of hydrogen-bond acceptors (Lipinski definition) is 3. The highest BCUT2D eigenvalue weighted by molar-refractivity contribution is 5.50. The second kappa shape index (κ2) is 6.70. The van der Waals surface area contributed by atoms with Crippen molar-refractivity contribution in [2.24, 2.45) is 5.73 Å².